The molecular weight excluding hydrogens is 131 g/mol. The lowest BCUT2D eigenvalue weighted by Crippen LogP contribution is -2.10. The van der Waals surface area contributed by atoms with E-state index in [1.165, 1.54) is 12.4 Å². The van der Waals surface area contributed by atoms with Gasteiger partial charge in [0.1, 0.15) is 7.85 Å². The molecule has 1 heterocycles. The summed E-state index contributed by atoms with van der Waals surface area (Å²) in [4.78, 5) is 17.3. The zero-order valence-electron chi connectivity index (χ0n) is 5.40. The van der Waals surface area contributed by atoms with Gasteiger partial charge in [-0.25, -0.2) is 14.8 Å². The van der Waals surface area contributed by atoms with Crippen molar-refractivity contribution in [2.75, 3.05) is 0 Å². The number of carboxylic acid groups (broad SMARTS) is 1. The number of carbonyl (C=O) groups is 1. The monoisotopic (exact) mass is 136 g/mol. The first-order chi connectivity index (χ1) is 4.70. The van der Waals surface area contributed by atoms with E-state index in [0.29, 0.717) is 0 Å². The largest absolute Gasteiger partial charge is 0.475 e. The predicted molar refractivity (Wildman–Crippen MR) is 37.2 cm³/mol. The normalized spacial score (nSPS) is 9.20. The predicted octanol–water partition coefficient (Wildman–Crippen LogP) is -1.57. The molecule has 0 fully saturated rings. The molecule has 10 heavy (non-hydrogen) atoms. The van der Waals surface area contributed by atoms with E-state index in [0.717, 1.165) is 5.46 Å². The number of hydrogen-bond acceptors (Lipinski definition) is 3. The Morgan fingerprint density at radius 3 is 2.40 bits per heavy atom. The maximum Gasteiger partial charge on any atom is 0.373 e. The zero-order chi connectivity index (χ0) is 7.56. The molecule has 1 rings (SSSR count). The topological polar surface area (TPSA) is 63.1 Å². The number of aromatic nitrogens is 2. The van der Waals surface area contributed by atoms with E-state index in [4.69, 9.17) is 5.11 Å². The summed E-state index contributed by atoms with van der Waals surface area (Å²) in [5, 5.41) is 8.35. The summed E-state index contributed by atoms with van der Waals surface area (Å²) in [7, 11) is 1.80. The molecule has 0 aliphatic heterocycles. The van der Waals surface area contributed by atoms with E-state index in [1.54, 1.807) is 7.85 Å². The number of rotatable bonds is 1. The van der Waals surface area contributed by atoms with Crippen molar-refractivity contribution in [1.82, 2.24) is 9.97 Å². The summed E-state index contributed by atoms with van der Waals surface area (Å²) >= 11 is 0. The van der Waals surface area contributed by atoms with E-state index in [2.05, 4.69) is 9.97 Å². The Kier molecular flexibility index (Phi) is 1.66. The van der Waals surface area contributed by atoms with Crippen molar-refractivity contribution >= 4 is 19.3 Å². The molecule has 0 saturated heterocycles. The first-order valence-corrected chi connectivity index (χ1v) is 2.72. The van der Waals surface area contributed by atoms with Crippen LogP contribution >= 0.6 is 0 Å². The minimum Gasteiger partial charge on any atom is -0.475 e. The SMILES string of the molecule is Bc1cnc(C(=O)O)nc1. The maximum absolute atomic E-state index is 10.2. The maximum atomic E-state index is 10.2. The number of hydrogen-bond donors (Lipinski definition) is 1. The highest BCUT2D eigenvalue weighted by atomic mass is 16.4. The van der Waals surface area contributed by atoms with Crippen molar-refractivity contribution < 1.29 is 9.90 Å². The van der Waals surface area contributed by atoms with E-state index >= 15 is 0 Å². The van der Waals surface area contributed by atoms with Crippen LogP contribution in [0.25, 0.3) is 0 Å². The Hall–Kier alpha value is -1.39. The van der Waals surface area contributed by atoms with Gasteiger partial charge in [0.15, 0.2) is 0 Å². The van der Waals surface area contributed by atoms with Gasteiger partial charge in [0.25, 0.3) is 0 Å². The third kappa shape index (κ3) is 1.31. The molecule has 0 atom stereocenters. The van der Waals surface area contributed by atoms with Crippen LogP contribution in [0, 0.1) is 0 Å². The summed E-state index contributed by atoms with van der Waals surface area (Å²) in [5.41, 5.74) is 0.852. The second kappa shape index (κ2) is 2.47. The molecular formula is C5H5BN2O2. The van der Waals surface area contributed by atoms with Crippen LogP contribution in [-0.4, -0.2) is 28.9 Å². The molecule has 0 aromatic carbocycles. The Morgan fingerprint density at radius 1 is 1.50 bits per heavy atom. The minimum atomic E-state index is -1.10. The molecule has 5 heteroatoms. The standard InChI is InChI=1S/C5H5BN2O2/c6-3-1-7-4(5(9)10)8-2-3/h1-2H,6H2,(H,9,10). The molecule has 1 N–H and O–H groups in total. The smallest absolute Gasteiger partial charge is 0.373 e. The van der Waals surface area contributed by atoms with Crippen molar-refractivity contribution in [3.8, 4) is 0 Å². The van der Waals surface area contributed by atoms with Gasteiger partial charge in [-0.1, -0.05) is 5.46 Å². The lowest BCUT2D eigenvalue weighted by atomic mass is 10.0. The van der Waals surface area contributed by atoms with Gasteiger partial charge in [-0.3, -0.25) is 0 Å². The second-order valence-corrected chi connectivity index (χ2v) is 1.89. The van der Waals surface area contributed by atoms with E-state index < -0.39 is 5.97 Å². The fraction of sp³-hybridized carbons (Fsp3) is 0. The van der Waals surface area contributed by atoms with Crippen molar-refractivity contribution in [3.05, 3.63) is 18.2 Å². The van der Waals surface area contributed by atoms with Gasteiger partial charge in [-0.2, -0.15) is 0 Å². The quantitative estimate of drug-likeness (QED) is 0.474. The molecule has 50 valence electrons. The molecule has 0 aliphatic rings. The average molecular weight is 136 g/mol. The van der Waals surface area contributed by atoms with Gasteiger partial charge >= 0.3 is 5.97 Å². The fourth-order valence-electron chi connectivity index (χ4n) is 0.503. The molecule has 0 bridgehead atoms. The molecule has 0 amide bonds. The van der Waals surface area contributed by atoms with Crippen LogP contribution in [0.15, 0.2) is 12.4 Å². The number of carboxylic acids is 1. The molecule has 0 radical (unpaired) electrons. The Balaban J connectivity index is 3.00. The summed E-state index contributed by atoms with van der Waals surface area (Å²) in [6.07, 6.45) is 2.94. The van der Waals surface area contributed by atoms with Crippen LogP contribution < -0.4 is 5.46 Å². The summed E-state index contributed by atoms with van der Waals surface area (Å²) in [6.45, 7) is 0. The summed E-state index contributed by atoms with van der Waals surface area (Å²) in [5.74, 6) is -1.26. The van der Waals surface area contributed by atoms with Crippen molar-refractivity contribution in [2.24, 2.45) is 0 Å². The van der Waals surface area contributed by atoms with Gasteiger partial charge in [-0.05, 0) is 0 Å². The molecule has 0 spiro atoms. The van der Waals surface area contributed by atoms with E-state index in [-0.39, 0.29) is 5.82 Å². The minimum absolute atomic E-state index is 0.161. The van der Waals surface area contributed by atoms with Gasteiger partial charge < -0.3 is 5.11 Å². The molecule has 1 aromatic heterocycles. The highest BCUT2D eigenvalue weighted by molar-refractivity contribution is 6.31. The highest BCUT2D eigenvalue weighted by Crippen LogP contribution is 1.82. The van der Waals surface area contributed by atoms with Crippen molar-refractivity contribution in [3.63, 3.8) is 0 Å². The fourth-order valence-corrected chi connectivity index (χ4v) is 0.503. The second-order valence-electron chi connectivity index (χ2n) is 1.89. The van der Waals surface area contributed by atoms with Crippen LogP contribution in [0.4, 0.5) is 0 Å². The number of nitrogens with zero attached hydrogens (tertiary/aromatic N) is 2. The van der Waals surface area contributed by atoms with Gasteiger partial charge in [-0.15, -0.1) is 0 Å². The number of aromatic carboxylic acids is 1. The summed E-state index contributed by atoms with van der Waals surface area (Å²) < 4.78 is 0. The molecule has 1 aromatic rings. The van der Waals surface area contributed by atoms with Gasteiger partial charge in [0.05, 0.1) is 0 Å². The first-order valence-electron chi connectivity index (χ1n) is 2.72. The van der Waals surface area contributed by atoms with Crippen LogP contribution in [0.2, 0.25) is 0 Å². The molecule has 0 unspecified atom stereocenters. The molecule has 0 saturated carbocycles. The van der Waals surface area contributed by atoms with Gasteiger partial charge in [0.2, 0.25) is 5.82 Å². The van der Waals surface area contributed by atoms with Crippen molar-refractivity contribution in [1.29, 1.82) is 0 Å². The van der Waals surface area contributed by atoms with Gasteiger partial charge in [0, 0.05) is 12.4 Å². The Bertz CT molecular complexity index is 246. The highest BCUT2D eigenvalue weighted by Gasteiger charge is 2.02. The first kappa shape index (κ1) is 6.73. The zero-order valence-corrected chi connectivity index (χ0v) is 5.40. The third-order valence-corrected chi connectivity index (χ3v) is 0.972. The lowest BCUT2D eigenvalue weighted by molar-refractivity contribution is 0.0683. The van der Waals surface area contributed by atoms with Crippen LogP contribution in [-0.2, 0) is 0 Å². The Morgan fingerprint density at radius 2 is 2.00 bits per heavy atom. The third-order valence-electron chi connectivity index (χ3n) is 0.972. The Labute approximate surface area is 58.3 Å². The van der Waals surface area contributed by atoms with Crippen LogP contribution in [0.5, 0.6) is 0 Å². The average Bonchev–Trinajstić information content (AvgIpc) is 1.88. The van der Waals surface area contributed by atoms with Crippen LogP contribution in [0.1, 0.15) is 10.6 Å². The van der Waals surface area contributed by atoms with Crippen molar-refractivity contribution in [2.45, 2.75) is 0 Å². The lowest BCUT2D eigenvalue weighted by Gasteiger charge is -1.91. The van der Waals surface area contributed by atoms with E-state index in [9.17, 15) is 4.79 Å². The summed E-state index contributed by atoms with van der Waals surface area (Å²) in [6, 6.07) is 0. The molecule has 0 aliphatic carbocycles. The van der Waals surface area contributed by atoms with Crippen LogP contribution in [0.3, 0.4) is 0 Å². The molecule has 4 nitrogen and oxygen atoms in total. The van der Waals surface area contributed by atoms with E-state index in [1.807, 2.05) is 0 Å².